The van der Waals surface area contributed by atoms with Crippen LogP contribution in [0.3, 0.4) is 0 Å². The first-order valence-electron chi connectivity index (χ1n) is 17.8. The van der Waals surface area contributed by atoms with Crippen LogP contribution in [0.2, 0.25) is 0 Å². The molecule has 280 valence electrons. The monoisotopic (exact) mass is 716 g/mol. The molecule has 13 nitrogen and oxygen atoms in total. The van der Waals surface area contributed by atoms with E-state index in [9.17, 15) is 19.2 Å². The van der Waals surface area contributed by atoms with Gasteiger partial charge in [-0.2, -0.15) is 0 Å². The minimum Gasteiger partial charge on any atom is -0.493 e. The van der Waals surface area contributed by atoms with Crippen LogP contribution in [-0.4, -0.2) is 107 Å². The molecular weight excluding hydrogens is 664 g/mol. The number of ether oxygens (including phenoxy) is 3. The maximum Gasteiger partial charge on any atom is 0.259 e. The van der Waals surface area contributed by atoms with Crippen LogP contribution in [0, 0.1) is 6.92 Å². The fourth-order valence-corrected chi connectivity index (χ4v) is 5.60. The number of benzene rings is 3. The Kier molecular flexibility index (Phi) is 15.3. The molecule has 1 aliphatic rings. The number of amides is 4. The maximum absolute atomic E-state index is 13.9. The zero-order valence-electron chi connectivity index (χ0n) is 30.7. The fourth-order valence-electron chi connectivity index (χ4n) is 5.60. The van der Waals surface area contributed by atoms with E-state index in [-0.39, 0.29) is 41.3 Å². The Balaban J connectivity index is 1.42. The molecule has 0 aliphatic carbocycles. The third-order valence-corrected chi connectivity index (χ3v) is 8.78. The molecule has 52 heavy (non-hydrogen) atoms. The van der Waals surface area contributed by atoms with Gasteiger partial charge in [-0.15, -0.1) is 0 Å². The summed E-state index contributed by atoms with van der Waals surface area (Å²) in [6.07, 6.45) is 3.58. The van der Waals surface area contributed by atoms with Crippen molar-refractivity contribution in [2.24, 2.45) is 5.73 Å². The van der Waals surface area contributed by atoms with Crippen molar-refractivity contribution < 1.29 is 33.4 Å². The molecule has 1 aliphatic heterocycles. The highest BCUT2D eigenvalue weighted by Gasteiger charge is 2.22. The number of para-hydroxylation sites is 1. The van der Waals surface area contributed by atoms with Gasteiger partial charge in [0.1, 0.15) is 17.2 Å². The van der Waals surface area contributed by atoms with E-state index in [0.717, 1.165) is 51.0 Å². The number of likely N-dealkylation sites (N-methyl/N-ethyl adjacent to an activating group) is 2. The second-order valence-electron chi connectivity index (χ2n) is 12.8. The molecule has 4 N–H and O–H groups in total. The molecule has 13 heteroatoms. The SMILES string of the molecule is CNC(=O)COc1cc(C(=O)N(C)c2ccc(C)cc2OCCCCCC(=O)N2CCN(C)CC2)ccc1NC(=O)c1ccccc1OCCCN. The van der Waals surface area contributed by atoms with Gasteiger partial charge in [0.05, 0.1) is 30.2 Å². The number of unbranched alkanes of at least 4 members (excludes halogenated alkanes) is 2. The quantitative estimate of drug-likeness (QED) is 0.165. The summed E-state index contributed by atoms with van der Waals surface area (Å²) in [5.41, 5.74) is 8.00. The predicted molar refractivity (Wildman–Crippen MR) is 202 cm³/mol. The van der Waals surface area contributed by atoms with Crippen molar-refractivity contribution in [3.63, 3.8) is 0 Å². The molecular formula is C39H52N6O7. The van der Waals surface area contributed by atoms with Crippen LogP contribution in [0.25, 0.3) is 0 Å². The summed E-state index contributed by atoms with van der Waals surface area (Å²) >= 11 is 0. The molecule has 0 radical (unpaired) electrons. The summed E-state index contributed by atoms with van der Waals surface area (Å²) in [6.45, 7) is 6.27. The van der Waals surface area contributed by atoms with Crippen molar-refractivity contribution in [1.82, 2.24) is 15.1 Å². The molecule has 0 atom stereocenters. The smallest absolute Gasteiger partial charge is 0.259 e. The molecule has 0 unspecified atom stereocenters. The zero-order valence-corrected chi connectivity index (χ0v) is 30.7. The van der Waals surface area contributed by atoms with Crippen LogP contribution in [0.15, 0.2) is 60.7 Å². The summed E-state index contributed by atoms with van der Waals surface area (Å²) in [6, 6.07) is 17.1. The molecule has 4 amide bonds. The van der Waals surface area contributed by atoms with Crippen molar-refractivity contribution in [2.75, 3.05) is 83.9 Å². The number of nitrogens with one attached hydrogen (secondary N) is 2. The number of nitrogens with two attached hydrogens (primary N) is 1. The van der Waals surface area contributed by atoms with Gasteiger partial charge in [-0.3, -0.25) is 19.2 Å². The van der Waals surface area contributed by atoms with Gasteiger partial charge in [0.25, 0.3) is 17.7 Å². The van der Waals surface area contributed by atoms with Crippen LogP contribution in [-0.2, 0) is 9.59 Å². The first-order valence-corrected chi connectivity index (χ1v) is 17.8. The zero-order chi connectivity index (χ0) is 37.5. The van der Waals surface area contributed by atoms with Crippen molar-refractivity contribution in [2.45, 2.75) is 39.0 Å². The second kappa shape index (κ2) is 20.0. The standard InChI is InChI=1S/C39H52N6O7/c1-28-14-17-32(35(25-28)51-23-9-5-6-13-37(47)45-21-19-43(3)20-22-45)44(4)39(49)29-15-16-31(34(26-29)52-27-36(46)41-2)42-38(48)30-11-7-8-12-33(30)50-24-10-18-40/h7-8,11-12,14-17,25-26H,5-6,9-10,13,18-24,27,40H2,1-4H3,(H,41,46)(H,42,48). The Morgan fingerprint density at radius 3 is 2.31 bits per heavy atom. The number of carbonyl (C=O) groups is 4. The molecule has 1 fully saturated rings. The first-order chi connectivity index (χ1) is 25.1. The molecule has 0 saturated carbocycles. The topological polar surface area (TPSA) is 156 Å². The van der Waals surface area contributed by atoms with Crippen molar-refractivity contribution in [3.05, 3.63) is 77.4 Å². The minimum atomic E-state index is -0.451. The number of anilines is 2. The third-order valence-electron chi connectivity index (χ3n) is 8.78. The highest BCUT2D eigenvalue weighted by molar-refractivity contribution is 6.09. The lowest BCUT2D eigenvalue weighted by Gasteiger charge is -2.32. The summed E-state index contributed by atoms with van der Waals surface area (Å²) in [5, 5.41) is 5.34. The molecule has 4 rings (SSSR count). The number of rotatable bonds is 18. The van der Waals surface area contributed by atoms with Gasteiger partial charge in [0, 0.05) is 52.3 Å². The molecule has 3 aromatic carbocycles. The van der Waals surface area contributed by atoms with Crippen molar-refractivity contribution >= 4 is 35.0 Å². The maximum atomic E-state index is 13.9. The van der Waals surface area contributed by atoms with E-state index >= 15 is 0 Å². The molecule has 1 heterocycles. The van der Waals surface area contributed by atoms with Crippen LogP contribution < -0.4 is 35.5 Å². The van der Waals surface area contributed by atoms with E-state index < -0.39 is 5.91 Å². The Hall–Kier alpha value is -5.14. The number of piperazine rings is 1. The van der Waals surface area contributed by atoms with E-state index in [4.69, 9.17) is 19.9 Å². The van der Waals surface area contributed by atoms with Crippen LogP contribution >= 0.6 is 0 Å². The molecule has 3 aromatic rings. The van der Waals surface area contributed by atoms with Crippen LogP contribution in [0.4, 0.5) is 11.4 Å². The van der Waals surface area contributed by atoms with E-state index in [1.54, 1.807) is 43.4 Å². The average Bonchev–Trinajstić information content (AvgIpc) is 3.15. The normalized spacial score (nSPS) is 12.9. The Bertz CT molecular complexity index is 1670. The first kappa shape index (κ1) is 39.6. The largest absolute Gasteiger partial charge is 0.493 e. The van der Waals surface area contributed by atoms with Crippen LogP contribution in [0.1, 0.15) is 58.4 Å². The predicted octanol–water partition coefficient (Wildman–Crippen LogP) is 4.09. The Morgan fingerprint density at radius 1 is 0.827 bits per heavy atom. The van der Waals surface area contributed by atoms with Gasteiger partial charge in [0.15, 0.2) is 6.61 Å². The summed E-state index contributed by atoms with van der Waals surface area (Å²) in [7, 11) is 5.22. The van der Waals surface area contributed by atoms with E-state index in [2.05, 4.69) is 22.6 Å². The average molecular weight is 717 g/mol. The highest BCUT2D eigenvalue weighted by atomic mass is 16.5. The number of aryl methyl sites for hydroxylation is 1. The summed E-state index contributed by atoms with van der Waals surface area (Å²) in [4.78, 5) is 57.6. The summed E-state index contributed by atoms with van der Waals surface area (Å²) < 4.78 is 17.7. The van der Waals surface area contributed by atoms with Gasteiger partial charge in [-0.05, 0) is 94.2 Å². The molecule has 1 saturated heterocycles. The number of nitrogens with zero attached hydrogens (tertiary/aromatic N) is 3. The third kappa shape index (κ3) is 11.4. The van der Waals surface area contributed by atoms with Crippen LogP contribution in [0.5, 0.6) is 17.2 Å². The van der Waals surface area contributed by atoms with Crippen molar-refractivity contribution in [3.8, 4) is 17.2 Å². The van der Waals surface area contributed by atoms with Crippen molar-refractivity contribution in [1.29, 1.82) is 0 Å². The van der Waals surface area contributed by atoms with Gasteiger partial charge >= 0.3 is 0 Å². The second-order valence-corrected chi connectivity index (χ2v) is 12.8. The van der Waals surface area contributed by atoms with E-state index in [1.807, 2.05) is 30.0 Å². The number of carbonyl (C=O) groups excluding carboxylic acids is 4. The number of hydrogen-bond donors (Lipinski definition) is 3. The van der Waals surface area contributed by atoms with E-state index in [0.29, 0.717) is 55.4 Å². The molecule has 0 aromatic heterocycles. The van der Waals surface area contributed by atoms with E-state index in [1.165, 1.54) is 18.0 Å². The Labute approximate surface area is 306 Å². The van der Waals surface area contributed by atoms with Gasteiger partial charge in [-0.25, -0.2) is 0 Å². The lowest BCUT2D eigenvalue weighted by molar-refractivity contribution is -0.132. The van der Waals surface area contributed by atoms with Gasteiger partial charge < -0.3 is 45.3 Å². The Morgan fingerprint density at radius 2 is 1.56 bits per heavy atom. The molecule has 0 spiro atoms. The van der Waals surface area contributed by atoms with Gasteiger partial charge in [0.2, 0.25) is 5.91 Å². The summed E-state index contributed by atoms with van der Waals surface area (Å²) in [5.74, 6) is 0.141. The molecule has 0 bridgehead atoms. The minimum absolute atomic E-state index is 0.143. The number of hydrogen-bond acceptors (Lipinski definition) is 9. The van der Waals surface area contributed by atoms with Gasteiger partial charge in [-0.1, -0.05) is 18.2 Å². The lowest BCUT2D eigenvalue weighted by atomic mass is 10.1. The highest BCUT2D eigenvalue weighted by Crippen LogP contribution is 2.33. The fraction of sp³-hybridized carbons (Fsp3) is 0.436. The lowest BCUT2D eigenvalue weighted by Crippen LogP contribution is -2.47.